The number of piperidine rings is 1. The number of nitrogens with zero attached hydrogens (tertiary/aromatic N) is 2. The molecule has 0 spiro atoms. The Morgan fingerprint density at radius 2 is 1.83 bits per heavy atom. The fraction of sp³-hybridized carbons (Fsp3) is 0.458. The second kappa shape index (κ2) is 11.0. The maximum absolute atomic E-state index is 12.5. The van der Waals surface area contributed by atoms with Crippen molar-refractivity contribution in [2.45, 2.75) is 32.0 Å². The number of rotatable bonds is 9. The van der Waals surface area contributed by atoms with Crippen LogP contribution >= 0.6 is 0 Å². The van der Waals surface area contributed by atoms with E-state index in [9.17, 15) is 4.79 Å². The summed E-state index contributed by atoms with van der Waals surface area (Å²) in [4.78, 5) is 17.0. The lowest BCUT2D eigenvalue weighted by Crippen LogP contribution is -2.46. The summed E-state index contributed by atoms with van der Waals surface area (Å²) < 4.78 is 10.7. The first-order valence-electron chi connectivity index (χ1n) is 10.5. The molecule has 1 saturated heterocycles. The van der Waals surface area contributed by atoms with Crippen molar-refractivity contribution in [1.82, 2.24) is 15.1 Å². The lowest BCUT2D eigenvalue weighted by atomic mass is 10.0. The highest BCUT2D eigenvalue weighted by Crippen LogP contribution is 2.25. The van der Waals surface area contributed by atoms with Crippen molar-refractivity contribution in [3.05, 3.63) is 59.7 Å². The highest BCUT2D eigenvalue weighted by molar-refractivity contribution is 5.78. The van der Waals surface area contributed by atoms with Crippen LogP contribution in [-0.4, -0.2) is 62.7 Å². The molecule has 1 heterocycles. The smallest absolute Gasteiger partial charge is 0.234 e. The van der Waals surface area contributed by atoms with Gasteiger partial charge in [-0.15, -0.1) is 0 Å². The largest absolute Gasteiger partial charge is 0.497 e. The standard InChI is InChI=1S/C24H33N3O3/c1-26(17-20-9-10-22(29-2)15-23(20)30-3)18-24(28)25-21-11-13-27(14-12-21)16-19-7-5-4-6-8-19/h4-10,15,21H,11-14,16-18H2,1-3H3,(H,25,28). The molecule has 0 atom stereocenters. The molecule has 1 amide bonds. The molecule has 0 unspecified atom stereocenters. The average Bonchev–Trinajstić information content (AvgIpc) is 2.76. The zero-order valence-corrected chi connectivity index (χ0v) is 18.3. The third-order valence-corrected chi connectivity index (χ3v) is 5.55. The molecule has 2 aromatic carbocycles. The molecule has 6 nitrogen and oxygen atoms in total. The van der Waals surface area contributed by atoms with Crippen LogP contribution in [0.5, 0.6) is 11.5 Å². The number of carbonyl (C=O) groups excluding carboxylic acids is 1. The number of hydrogen-bond donors (Lipinski definition) is 1. The van der Waals surface area contributed by atoms with Crippen molar-refractivity contribution in [1.29, 1.82) is 0 Å². The Balaban J connectivity index is 1.41. The number of ether oxygens (including phenoxy) is 2. The molecule has 30 heavy (non-hydrogen) atoms. The zero-order valence-electron chi connectivity index (χ0n) is 18.3. The summed E-state index contributed by atoms with van der Waals surface area (Å²) >= 11 is 0. The van der Waals surface area contributed by atoms with E-state index in [0.717, 1.165) is 49.5 Å². The van der Waals surface area contributed by atoms with Crippen LogP contribution in [0.15, 0.2) is 48.5 Å². The van der Waals surface area contributed by atoms with E-state index < -0.39 is 0 Å². The van der Waals surface area contributed by atoms with E-state index in [0.29, 0.717) is 13.1 Å². The Morgan fingerprint density at radius 3 is 2.50 bits per heavy atom. The highest BCUT2D eigenvalue weighted by Gasteiger charge is 2.21. The zero-order chi connectivity index (χ0) is 21.3. The number of benzene rings is 2. The lowest BCUT2D eigenvalue weighted by Gasteiger charge is -2.32. The summed E-state index contributed by atoms with van der Waals surface area (Å²) in [5.74, 6) is 1.61. The summed E-state index contributed by atoms with van der Waals surface area (Å²) in [6, 6.07) is 16.6. The first-order chi connectivity index (χ1) is 14.6. The number of hydrogen-bond acceptors (Lipinski definition) is 5. The molecule has 1 aliphatic heterocycles. The Morgan fingerprint density at radius 1 is 1.10 bits per heavy atom. The maximum atomic E-state index is 12.5. The Kier molecular flexibility index (Phi) is 8.11. The van der Waals surface area contributed by atoms with Crippen molar-refractivity contribution in [3.63, 3.8) is 0 Å². The third-order valence-electron chi connectivity index (χ3n) is 5.55. The summed E-state index contributed by atoms with van der Waals surface area (Å²) in [5, 5.41) is 3.21. The first-order valence-corrected chi connectivity index (χ1v) is 10.5. The van der Waals surface area contributed by atoms with Gasteiger partial charge < -0.3 is 14.8 Å². The molecular formula is C24H33N3O3. The van der Waals surface area contributed by atoms with E-state index in [1.165, 1.54) is 5.56 Å². The number of methoxy groups -OCH3 is 2. The molecule has 0 bridgehead atoms. The van der Waals surface area contributed by atoms with Crippen LogP contribution in [0.2, 0.25) is 0 Å². The van der Waals surface area contributed by atoms with E-state index in [1.807, 2.05) is 36.2 Å². The van der Waals surface area contributed by atoms with Crippen LogP contribution in [0.25, 0.3) is 0 Å². The van der Waals surface area contributed by atoms with Gasteiger partial charge in [0.25, 0.3) is 0 Å². The van der Waals surface area contributed by atoms with E-state index in [1.54, 1.807) is 14.2 Å². The predicted molar refractivity (Wildman–Crippen MR) is 119 cm³/mol. The molecule has 6 heteroatoms. The molecule has 0 radical (unpaired) electrons. The van der Waals surface area contributed by atoms with Gasteiger partial charge in [0.05, 0.1) is 20.8 Å². The van der Waals surface area contributed by atoms with Crippen molar-refractivity contribution in [2.75, 3.05) is 40.9 Å². The molecule has 0 aliphatic carbocycles. The Labute approximate surface area is 179 Å². The second-order valence-electron chi connectivity index (χ2n) is 7.95. The molecule has 1 aliphatic rings. The van der Waals surface area contributed by atoms with E-state index in [2.05, 4.69) is 34.5 Å². The van der Waals surface area contributed by atoms with Gasteiger partial charge in [-0.25, -0.2) is 0 Å². The van der Waals surface area contributed by atoms with Gasteiger partial charge in [0.15, 0.2) is 0 Å². The molecule has 162 valence electrons. The van der Waals surface area contributed by atoms with Crippen molar-refractivity contribution in [2.24, 2.45) is 0 Å². The van der Waals surface area contributed by atoms with Gasteiger partial charge in [0.2, 0.25) is 5.91 Å². The monoisotopic (exact) mass is 411 g/mol. The molecule has 1 fully saturated rings. The van der Waals surface area contributed by atoms with E-state index in [4.69, 9.17) is 9.47 Å². The van der Waals surface area contributed by atoms with Crippen LogP contribution in [0.3, 0.4) is 0 Å². The summed E-state index contributed by atoms with van der Waals surface area (Å²) in [6.45, 7) is 4.00. The molecule has 2 aromatic rings. The minimum atomic E-state index is 0.0755. The highest BCUT2D eigenvalue weighted by atomic mass is 16.5. The Bertz CT molecular complexity index is 805. The molecule has 0 saturated carbocycles. The summed E-state index contributed by atoms with van der Waals surface area (Å²) in [5.41, 5.74) is 2.37. The third kappa shape index (κ3) is 6.47. The van der Waals surface area contributed by atoms with E-state index >= 15 is 0 Å². The van der Waals surface area contributed by atoms with Crippen molar-refractivity contribution < 1.29 is 14.3 Å². The van der Waals surface area contributed by atoms with Gasteiger partial charge in [0.1, 0.15) is 11.5 Å². The van der Waals surface area contributed by atoms with Gasteiger partial charge >= 0.3 is 0 Å². The van der Waals surface area contributed by atoms with E-state index in [-0.39, 0.29) is 11.9 Å². The van der Waals surface area contributed by atoms with Crippen molar-refractivity contribution >= 4 is 5.91 Å². The van der Waals surface area contributed by atoms with Crippen LogP contribution in [0.4, 0.5) is 0 Å². The van der Waals surface area contributed by atoms with Crippen molar-refractivity contribution in [3.8, 4) is 11.5 Å². The molecular weight excluding hydrogens is 378 g/mol. The van der Waals surface area contributed by atoms with Gasteiger partial charge in [-0.05, 0) is 31.5 Å². The fourth-order valence-corrected chi connectivity index (χ4v) is 3.92. The number of likely N-dealkylation sites (tertiary alicyclic amines) is 1. The predicted octanol–water partition coefficient (Wildman–Crippen LogP) is 2.92. The quantitative estimate of drug-likeness (QED) is 0.688. The van der Waals surface area contributed by atoms with Gasteiger partial charge in [-0.3, -0.25) is 14.6 Å². The lowest BCUT2D eigenvalue weighted by molar-refractivity contribution is -0.123. The minimum Gasteiger partial charge on any atom is -0.497 e. The Hall–Kier alpha value is -2.57. The topological polar surface area (TPSA) is 54.0 Å². The van der Waals surface area contributed by atoms with Crippen LogP contribution in [0.1, 0.15) is 24.0 Å². The number of likely N-dealkylation sites (N-methyl/N-ethyl adjacent to an activating group) is 1. The molecule has 3 rings (SSSR count). The summed E-state index contributed by atoms with van der Waals surface area (Å²) in [7, 11) is 5.23. The minimum absolute atomic E-state index is 0.0755. The van der Waals surface area contributed by atoms with Gasteiger partial charge in [-0.2, -0.15) is 0 Å². The molecule has 0 aromatic heterocycles. The summed E-state index contributed by atoms with van der Waals surface area (Å²) in [6.07, 6.45) is 1.99. The normalized spacial score (nSPS) is 15.2. The number of carbonyl (C=O) groups is 1. The molecule has 1 N–H and O–H groups in total. The maximum Gasteiger partial charge on any atom is 0.234 e. The number of amides is 1. The second-order valence-corrected chi connectivity index (χ2v) is 7.95. The van der Waals surface area contributed by atoms with Crippen LogP contribution < -0.4 is 14.8 Å². The fourth-order valence-electron chi connectivity index (χ4n) is 3.92. The van der Waals surface area contributed by atoms with Gasteiger partial charge in [0, 0.05) is 43.9 Å². The van der Waals surface area contributed by atoms with Gasteiger partial charge in [-0.1, -0.05) is 36.4 Å². The number of nitrogens with one attached hydrogen (secondary N) is 1. The SMILES string of the molecule is COc1ccc(CN(C)CC(=O)NC2CCN(Cc3ccccc3)CC2)c(OC)c1. The van der Waals surface area contributed by atoms with Crippen LogP contribution in [-0.2, 0) is 17.9 Å². The van der Waals surface area contributed by atoms with Crippen LogP contribution in [0, 0.1) is 0 Å². The average molecular weight is 412 g/mol. The first kappa shape index (κ1) is 22.1.